The molecule has 1 amide bonds. The molecular weight excluding hydrogens is 349 g/mol. The standard InChI is InChI=1S/C18H17ClFNO2S/c19-15-11-13(20)1-2-14(15)17(22)21-7-5-18(6-8-21)16-12(3-9-23-18)4-10-24-16/h1-2,4,10-11H,3,5-9H2. The van der Waals surface area contributed by atoms with Gasteiger partial charge >= 0.3 is 0 Å². The quantitative estimate of drug-likeness (QED) is 0.756. The summed E-state index contributed by atoms with van der Waals surface area (Å²) in [6.07, 6.45) is 2.53. The van der Waals surface area contributed by atoms with Gasteiger partial charge in [0.25, 0.3) is 5.91 Å². The van der Waals surface area contributed by atoms with Crippen molar-refractivity contribution >= 4 is 28.8 Å². The minimum absolute atomic E-state index is 0.142. The molecule has 1 aromatic carbocycles. The van der Waals surface area contributed by atoms with Crippen LogP contribution in [0.25, 0.3) is 0 Å². The summed E-state index contributed by atoms with van der Waals surface area (Å²) in [5.41, 5.74) is 1.49. The number of piperidine rings is 1. The number of nitrogens with zero attached hydrogens (tertiary/aromatic N) is 1. The Morgan fingerprint density at radius 1 is 1.29 bits per heavy atom. The topological polar surface area (TPSA) is 29.5 Å². The van der Waals surface area contributed by atoms with E-state index < -0.39 is 5.82 Å². The molecule has 1 aromatic heterocycles. The molecule has 2 aliphatic heterocycles. The summed E-state index contributed by atoms with van der Waals surface area (Å²) in [7, 11) is 0. The molecule has 3 nitrogen and oxygen atoms in total. The fourth-order valence-electron chi connectivity index (χ4n) is 3.63. The van der Waals surface area contributed by atoms with Crippen LogP contribution in [0, 0.1) is 5.82 Å². The van der Waals surface area contributed by atoms with Crippen molar-refractivity contribution in [2.45, 2.75) is 24.9 Å². The zero-order valence-electron chi connectivity index (χ0n) is 13.1. The molecule has 0 saturated carbocycles. The average molecular weight is 366 g/mol. The van der Waals surface area contributed by atoms with E-state index in [2.05, 4.69) is 11.4 Å². The zero-order valence-corrected chi connectivity index (χ0v) is 14.6. The Balaban J connectivity index is 1.52. The van der Waals surface area contributed by atoms with E-state index in [1.165, 1.54) is 28.6 Å². The normalized spacial score (nSPS) is 19.3. The van der Waals surface area contributed by atoms with Gasteiger partial charge in [0.05, 0.1) is 17.2 Å². The highest BCUT2D eigenvalue weighted by molar-refractivity contribution is 7.10. The summed E-state index contributed by atoms with van der Waals surface area (Å²) < 4.78 is 19.3. The number of fused-ring (bicyclic) bond motifs is 2. The van der Waals surface area contributed by atoms with Crippen LogP contribution in [0.4, 0.5) is 4.39 Å². The average Bonchev–Trinajstić information content (AvgIpc) is 3.05. The first-order chi connectivity index (χ1) is 11.6. The van der Waals surface area contributed by atoms with Crippen LogP contribution < -0.4 is 0 Å². The largest absolute Gasteiger partial charge is 0.369 e. The van der Waals surface area contributed by atoms with E-state index in [1.807, 2.05) is 0 Å². The summed E-state index contributed by atoms with van der Waals surface area (Å²) in [5, 5.41) is 2.28. The van der Waals surface area contributed by atoms with Crippen LogP contribution in [-0.2, 0) is 16.8 Å². The summed E-state index contributed by atoms with van der Waals surface area (Å²) in [5.74, 6) is -0.577. The molecule has 1 saturated heterocycles. The molecule has 3 heterocycles. The lowest BCUT2D eigenvalue weighted by Gasteiger charge is -2.43. The van der Waals surface area contributed by atoms with E-state index in [0.29, 0.717) is 18.7 Å². The summed E-state index contributed by atoms with van der Waals surface area (Å²) in [4.78, 5) is 15.8. The Kier molecular flexibility index (Phi) is 4.11. The van der Waals surface area contributed by atoms with Gasteiger partial charge in [-0.2, -0.15) is 0 Å². The number of hydrogen-bond acceptors (Lipinski definition) is 3. The molecule has 0 radical (unpaired) electrons. The minimum Gasteiger partial charge on any atom is -0.369 e. The van der Waals surface area contributed by atoms with Gasteiger partial charge in [-0.25, -0.2) is 4.39 Å². The zero-order chi connectivity index (χ0) is 16.7. The van der Waals surface area contributed by atoms with Crippen molar-refractivity contribution in [3.63, 3.8) is 0 Å². The van der Waals surface area contributed by atoms with Crippen molar-refractivity contribution in [3.8, 4) is 0 Å². The molecule has 6 heteroatoms. The lowest BCUT2D eigenvalue weighted by molar-refractivity contribution is -0.0906. The van der Waals surface area contributed by atoms with E-state index >= 15 is 0 Å². The lowest BCUT2D eigenvalue weighted by Crippen LogP contribution is -2.47. The maximum atomic E-state index is 13.2. The predicted octanol–water partition coefficient (Wildman–Crippen LogP) is 4.24. The molecule has 0 atom stereocenters. The predicted molar refractivity (Wildman–Crippen MR) is 92.2 cm³/mol. The molecule has 126 valence electrons. The Bertz CT molecular complexity index is 783. The summed E-state index contributed by atoms with van der Waals surface area (Å²) >= 11 is 7.78. The van der Waals surface area contributed by atoms with Crippen LogP contribution >= 0.6 is 22.9 Å². The molecule has 1 fully saturated rings. The fraction of sp³-hybridized carbons (Fsp3) is 0.389. The van der Waals surface area contributed by atoms with E-state index in [4.69, 9.17) is 16.3 Å². The smallest absolute Gasteiger partial charge is 0.255 e. The van der Waals surface area contributed by atoms with E-state index in [1.54, 1.807) is 16.2 Å². The third-order valence-electron chi connectivity index (χ3n) is 4.93. The monoisotopic (exact) mass is 365 g/mol. The van der Waals surface area contributed by atoms with Gasteiger partial charge in [-0.3, -0.25) is 4.79 Å². The molecule has 4 rings (SSSR count). The number of hydrogen-bond donors (Lipinski definition) is 0. The van der Waals surface area contributed by atoms with Crippen molar-refractivity contribution < 1.29 is 13.9 Å². The van der Waals surface area contributed by atoms with Crippen molar-refractivity contribution in [3.05, 3.63) is 56.5 Å². The first-order valence-electron chi connectivity index (χ1n) is 8.04. The SMILES string of the molecule is O=C(c1ccc(F)cc1Cl)N1CCC2(CC1)OCCc1ccsc12. The van der Waals surface area contributed by atoms with Gasteiger partial charge in [0.1, 0.15) is 11.4 Å². The number of likely N-dealkylation sites (tertiary alicyclic amines) is 1. The molecule has 0 N–H and O–H groups in total. The van der Waals surface area contributed by atoms with Gasteiger partial charge in [-0.05, 0) is 54.5 Å². The number of halogens is 2. The van der Waals surface area contributed by atoms with Crippen LogP contribution in [0.5, 0.6) is 0 Å². The minimum atomic E-state index is -0.435. The number of carbonyl (C=O) groups is 1. The molecule has 0 unspecified atom stereocenters. The van der Waals surface area contributed by atoms with Gasteiger partial charge in [-0.15, -0.1) is 11.3 Å². The van der Waals surface area contributed by atoms with Crippen LogP contribution in [-0.4, -0.2) is 30.5 Å². The van der Waals surface area contributed by atoms with Crippen LogP contribution in [0.15, 0.2) is 29.6 Å². The van der Waals surface area contributed by atoms with Gasteiger partial charge in [0.2, 0.25) is 0 Å². The maximum absolute atomic E-state index is 13.2. The number of carbonyl (C=O) groups excluding carboxylic acids is 1. The van der Waals surface area contributed by atoms with Crippen LogP contribution in [0.2, 0.25) is 5.02 Å². The van der Waals surface area contributed by atoms with E-state index in [0.717, 1.165) is 25.9 Å². The highest BCUT2D eigenvalue weighted by atomic mass is 35.5. The summed E-state index contributed by atoms with van der Waals surface area (Å²) in [6, 6.07) is 6.09. The summed E-state index contributed by atoms with van der Waals surface area (Å²) in [6.45, 7) is 1.97. The molecule has 0 aliphatic carbocycles. The highest BCUT2D eigenvalue weighted by Crippen LogP contribution is 2.44. The van der Waals surface area contributed by atoms with Crippen LogP contribution in [0.3, 0.4) is 0 Å². The number of ether oxygens (including phenoxy) is 1. The second kappa shape index (κ2) is 6.14. The van der Waals surface area contributed by atoms with Crippen LogP contribution in [0.1, 0.15) is 33.6 Å². The van der Waals surface area contributed by atoms with Gasteiger partial charge in [0.15, 0.2) is 0 Å². The molecular formula is C18H17ClFNO2S. The third kappa shape index (κ3) is 2.65. The van der Waals surface area contributed by atoms with Gasteiger partial charge in [-0.1, -0.05) is 11.6 Å². The van der Waals surface area contributed by atoms with Gasteiger partial charge in [0, 0.05) is 18.0 Å². The van der Waals surface area contributed by atoms with Crippen molar-refractivity contribution in [1.29, 1.82) is 0 Å². The molecule has 2 aromatic rings. The Labute approximate surface area is 149 Å². The molecule has 2 aliphatic rings. The fourth-order valence-corrected chi connectivity index (χ4v) is 5.05. The molecule has 0 bridgehead atoms. The molecule has 1 spiro atoms. The number of amides is 1. The Hall–Kier alpha value is -1.43. The second-order valence-electron chi connectivity index (χ2n) is 6.28. The number of rotatable bonds is 1. The first-order valence-corrected chi connectivity index (χ1v) is 9.30. The van der Waals surface area contributed by atoms with Gasteiger partial charge < -0.3 is 9.64 Å². The van der Waals surface area contributed by atoms with E-state index in [9.17, 15) is 9.18 Å². The van der Waals surface area contributed by atoms with Crippen molar-refractivity contribution in [1.82, 2.24) is 4.90 Å². The molecule has 24 heavy (non-hydrogen) atoms. The maximum Gasteiger partial charge on any atom is 0.255 e. The Morgan fingerprint density at radius 3 is 2.83 bits per heavy atom. The van der Waals surface area contributed by atoms with Crippen molar-refractivity contribution in [2.24, 2.45) is 0 Å². The van der Waals surface area contributed by atoms with Crippen molar-refractivity contribution in [2.75, 3.05) is 19.7 Å². The number of thiophene rings is 1. The van der Waals surface area contributed by atoms with E-state index in [-0.39, 0.29) is 16.5 Å². The highest BCUT2D eigenvalue weighted by Gasteiger charge is 2.42. The third-order valence-corrected chi connectivity index (χ3v) is 6.38. The Morgan fingerprint density at radius 2 is 2.08 bits per heavy atom. The number of benzene rings is 1. The first kappa shape index (κ1) is 16.1. The second-order valence-corrected chi connectivity index (χ2v) is 7.61. The lowest BCUT2D eigenvalue weighted by atomic mass is 9.85.